The third kappa shape index (κ3) is 3.51. The van der Waals surface area contributed by atoms with Gasteiger partial charge in [-0.1, -0.05) is 18.2 Å². The summed E-state index contributed by atoms with van der Waals surface area (Å²) in [6, 6.07) is 13.3. The Kier molecular flexibility index (Phi) is 4.88. The molecule has 3 rings (SSSR count). The van der Waals surface area contributed by atoms with Crippen molar-refractivity contribution in [2.45, 2.75) is 6.04 Å². The Bertz CT molecular complexity index is 637. The molecule has 0 aromatic heterocycles. The SMILES string of the molecule is NCC(c1ccccc1F)N1CCN(c2ccc(F)cc2)CC1. The number of piperazine rings is 1. The van der Waals surface area contributed by atoms with Crippen LogP contribution in [-0.4, -0.2) is 37.6 Å². The molecule has 2 aromatic rings. The van der Waals surface area contributed by atoms with Gasteiger partial charge in [0, 0.05) is 44.0 Å². The van der Waals surface area contributed by atoms with Crippen molar-refractivity contribution < 1.29 is 8.78 Å². The zero-order chi connectivity index (χ0) is 16.2. The fourth-order valence-corrected chi connectivity index (χ4v) is 3.16. The van der Waals surface area contributed by atoms with Crippen LogP contribution in [0.15, 0.2) is 48.5 Å². The van der Waals surface area contributed by atoms with E-state index in [1.807, 2.05) is 6.07 Å². The van der Waals surface area contributed by atoms with Crippen LogP contribution in [0.5, 0.6) is 0 Å². The highest BCUT2D eigenvalue weighted by Crippen LogP contribution is 2.25. The maximum absolute atomic E-state index is 14.0. The number of benzene rings is 2. The summed E-state index contributed by atoms with van der Waals surface area (Å²) in [5, 5.41) is 0. The molecule has 23 heavy (non-hydrogen) atoms. The predicted octanol–water partition coefficient (Wildman–Crippen LogP) is 2.79. The monoisotopic (exact) mass is 317 g/mol. The first-order valence-corrected chi connectivity index (χ1v) is 7.88. The lowest BCUT2D eigenvalue weighted by Crippen LogP contribution is -2.49. The van der Waals surface area contributed by atoms with Crippen LogP contribution in [-0.2, 0) is 0 Å². The summed E-state index contributed by atoms with van der Waals surface area (Å²) in [6.45, 7) is 3.62. The molecule has 1 aliphatic heterocycles. The number of nitrogens with two attached hydrogens (primary N) is 1. The van der Waals surface area contributed by atoms with Gasteiger partial charge in [0.1, 0.15) is 11.6 Å². The zero-order valence-corrected chi connectivity index (χ0v) is 13.0. The molecule has 122 valence electrons. The fourth-order valence-electron chi connectivity index (χ4n) is 3.16. The maximum Gasteiger partial charge on any atom is 0.128 e. The van der Waals surface area contributed by atoms with Gasteiger partial charge in [-0.05, 0) is 30.3 Å². The Morgan fingerprint density at radius 2 is 1.57 bits per heavy atom. The van der Waals surface area contributed by atoms with E-state index in [0.29, 0.717) is 12.1 Å². The second-order valence-corrected chi connectivity index (χ2v) is 5.77. The molecule has 0 amide bonds. The third-order valence-electron chi connectivity index (χ3n) is 4.43. The summed E-state index contributed by atoms with van der Waals surface area (Å²) >= 11 is 0. The topological polar surface area (TPSA) is 32.5 Å². The highest BCUT2D eigenvalue weighted by Gasteiger charge is 2.25. The van der Waals surface area contributed by atoms with E-state index < -0.39 is 0 Å². The predicted molar refractivity (Wildman–Crippen MR) is 88.4 cm³/mol. The minimum absolute atomic E-state index is 0.105. The van der Waals surface area contributed by atoms with E-state index in [1.54, 1.807) is 24.3 Å². The van der Waals surface area contributed by atoms with Gasteiger partial charge in [-0.15, -0.1) is 0 Å². The molecule has 1 fully saturated rings. The van der Waals surface area contributed by atoms with Crippen LogP contribution >= 0.6 is 0 Å². The summed E-state index contributed by atoms with van der Waals surface area (Å²) in [6.07, 6.45) is 0. The highest BCUT2D eigenvalue weighted by atomic mass is 19.1. The van der Waals surface area contributed by atoms with E-state index in [1.165, 1.54) is 18.2 Å². The van der Waals surface area contributed by atoms with Crippen molar-refractivity contribution in [3.8, 4) is 0 Å². The van der Waals surface area contributed by atoms with Crippen LogP contribution in [0.2, 0.25) is 0 Å². The van der Waals surface area contributed by atoms with Crippen molar-refractivity contribution in [2.75, 3.05) is 37.6 Å². The van der Waals surface area contributed by atoms with Crippen molar-refractivity contribution in [3.05, 3.63) is 65.7 Å². The number of halogens is 2. The van der Waals surface area contributed by atoms with Crippen molar-refractivity contribution in [2.24, 2.45) is 5.73 Å². The minimum Gasteiger partial charge on any atom is -0.369 e. The van der Waals surface area contributed by atoms with E-state index in [-0.39, 0.29) is 17.7 Å². The molecule has 3 nitrogen and oxygen atoms in total. The first-order chi connectivity index (χ1) is 11.2. The van der Waals surface area contributed by atoms with E-state index in [0.717, 1.165) is 31.9 Å². The van der Waals surface area contributed by atoms with Crippen molar-refractivity contribution in [1.82, 2.24) is 4.90 Å². The zero-order valence-electron chi connectivity index (χ0n) is 13.0. The highest BCUT2D eigenvalue weighted by molar-refractivity contribution is 5.46. The second-order valence-electron chi connectivity index (χ2n) is 5.77. The first kappa shape index (κ1) is 15.9. The van der Waals surface area contributed by atoms with Gasteiger partial charge in [0.15, 0.2) is 0 Å². The smallest absolute Gasteiger partial charge is 0.128 e. The summed E-state index contributed by atoms with van der Waals surface area (Å²) in [5.41, 5.74) is 7.58. The largest absolute Gasteiger partial charge is 0.369 e. The van der Waals surface area contributed by atoms with Crippen LogP contribution in [0.25, 0.3) is 0 Å². The van der Waals surface area contributed by atoms with Gasteiger partial charge in [0.25, 0.3) is 0 Å². The Hall–Kier alpha value is -1.98. The molecule has 0 spiro atoms. The lowest BCUT2D eigenvalue weighted by atomic mass is 10.0. The molecule has 1 saturated heterocycles. The fraction of sp³-hybridized carbons (Fsp3) is 0.333. The molecular formula is C18H21F2N3. The summed E-state index contributed by atoms with van der Waals surface area (Å²) < 4.78 is 27.0. The van der Waals surface area contributed by atoms with Crippen molar-refractivity contribution >= 4 is 5.69 Å². The number of rotatable bonds is 4. The number of nitrogens with zero attached hydrogens (tertiary/aromatic N) is 2. The molecule has 0 saturated carbocycles. The van der Waals surface area contributed by atoms with Gasteiger partial charge in [-0.25, -0.2) is 8.78 Å². The van der Waals surface area contributed by atoms with Gasteiger partial charge in [-0.2, -0.15) is 0 Å². The average molecular weight is 317 g/mol. The molecule has 0 aliphatic carbocycles. The molecule has 5 heteroatoms. The number of hydrogen-bond donors (Lipinski definition) is 1. The van der Waals surface area contributed by atoms with E-state index >= 15 is 0 Å². The summed E-state index contributed by atoms with van der Waals surface area (Å²) in [5.74, 6) is -0.431. The number of anilines is 1. The maximum atomic E-state index is 14.0. The molecule has 1 heterocycles. The van der Waals surface area contributed by atoms with Crippen LogP contribution in [0, 0.1) is 11.6 Å². The van der Waals surface area contributed by atoms with Crippen molar-refractivity contribution in [1.29, 1.82) is 0 Å². The van der Waals surface area contributed by atoms with Gasteiger partial charge in [0.05, 0.1) is 6.04 Å². The molecule has 1 unspecified atom stereocenters. The molecule has 0 bridgehead atoms. The van der Waals surface area contributed by atoms with Crippen LogP contribution < -0.4 is 10.6 Å². The summed E-state index contributed by atoms with van der Waals surface area (Å²) in [7, 11) is 0. The van der Waals surface area contributed by atoms with Crippen LogP contribution in [0.4, 0.5) is 14.5 Å². The second kappa shape index (κ2) is 7.06. The Morgan fingerprint density at radius 3 is 2.17 bits per heavy atom. The molecule has 1 atom stereocenters. The molecular weight excluding hydrogens is 296 g/mol. The number of hydrogen-bond acceptors (Lipinski definition) is 3. The van der Waals surface area contributed by atoms with Gasteiger partial charge >= 0.3 is 0 Å². The van der Waals surface area contributed by atoms with Crippen LogP contribution in [0.1, 0.15) is 11.6 Å². The normalized spacial score (nSPS) is 17.3. The van der Waals surface area contributed by atoms with E-state index in [4.69, 9.17) is 5.73 Å². The first-order valence-electron chi connectivity index (χ1n) is 7.88. The standard InChI is InChI=1S/C18H21F2N3/c19-14-5-7-15(8-6-14)22-9-11-23(12-10-22)18(13-21)16-3-1-2-4-17(16)20/h1-8,18H,9-13,21H2. The summed E-state index contributed by atoms with van der Waals surface area (Å²) in [4.78, 5) is 4.43. The van der Waals surface area contributed by atoms with E-state index in [9.17, 15) is 8.78 Å². The van der Waals surface area contributed by atoms with Gasteiger partial charge < -0.3 is 10.6 Å². The Morgan fingerprint density at radius 1 is 0.913 bits per heavy atom. The van der Waals surface area contributed by atoms with E-state index in [2.05, 4.69) is 9.80 Å². The van der Waals surface area contributed by atoms with Gasteiger partial charge in [0.2, 0.25) is 0 Å². The average Bonchev–Trinajstić information content (AvgIpc) is 2.59. The lowest BCUT2D eigenvalue weighted by molar-refractivity contribution is 0.187. The Labute approximate surface area is 135 Å². The van der Waals surface area contributed by atoms with Crippen molar-refractivity contribution in [3.63, 3.8) is 0 Å². The molecule has 2 N–H and O–H groups in total. The lowest BCUT2D eigenvalue weighted by Gasteiger charge is -2.40. The Balaban J connectivity index is 1.68. The molecule has 1 aliphatic rings. The minimum atomic E-state index is -0.227. The van der Waals surface area contributed by atoms with Gasteiger partial charge in [-0.3, -0.25) is 4.90 Å². The quantitative estimate of drug-likeness (QED) is 0.941. The molecule has 0 radical (unpaired) electrons. The molecule has 2 aromatic carbocycles. The third-order valence-corrected chi connectivity index (χ3v) is 4.43. The van der Waals surface area contributed by atoms with Crippen LogP contribution in [0.3, 0.4) is 0 Å².